The zero-order chi connectivity index (χ0) is 15.8. The molecule has 0 amide bonds. The van der Waals surface area contributed by atoms with Crippen molar-refractivity contribution >= 4 is 0 Å². The van der Waals surface area contributed by atoms with Crippen molar-refractivity contribution < 1.29 is 0 Å². The molecule has 20 heavy (non-hydrogen) atoms. The monoisotopic (exact) mass is 282 g/mol. The van der Waals surface area contributed by atoms with Gasteiger partial charge in [-0.05, 0) is 41.9 Å². The molecule has 4 unspecified atom stereocenters. The zero-order valence-corrected chi connectivity index (χ0v) is 15.8. The van der Waals surface area contributed by atoms with Crippen LogP contribution in [0.2, 0.25) is 0 Å². The molecule has 0 aliphatic rings. The average molecular weight is 283 g/mol. The number of hydrogen-bond donors (Lipinski definition) is 0. The zero-order valence-electron chi connectivity index (χ0n) is 15.8. The molecular formula is C20H42. The molecule has 0 radical (unpaired) electrons. The smallest absolute Gasteiger partial charge is 0.0277 e. The summed E-state index contributed by atoms with van der Waals surface area (Å²) in [5.41, 5.74) is 0.524. The van der Waals surface area contributed by atoms with Gasteiger partial charge in [-0.25, -0.2) is 0 Å². The summed E-state index contributed by atoms with van der Waals surface area (Å²) in [6.07, 6.45) is 9.67. The molecule has 122 valence electrons. The minimum absolute atomic E-state index is 0.524. The van der Waals surface area contributed by atoms with Crippen LogP contribution in [-0.2, 0) is 0 Å². The van der Waals surface area contributed by atoms with Crippen molar-refractivity contribution in [2.45, 2.75) is 100 Å². The Hall–Kier alpha value is 0. The molecule has 4 atom stereocenters. The lowest BCUT2D eigenvalue weighted by Gasteiger charge is -2.41. The standard InChI is InChI=1S/C20H42/c1-9-12-13-18(7)20(8,16(4)5)15-14-19(11-3)17(6)10-2/h16-19H,9-15H2,1-8H3. The van der Waals surface area contributed by atoms with Crippen molar-refractivity contribution in [2.24, 2.45) is 29.1 Å². The van der Waals surface area contributed by atoms with E-state index in [1.807, 2.05) is 0 Å². The van der Waals surface area contributed by atoms with Crippen molar-refractivity contribution in [3.63, 3.8) is 0 Å². The fraction of sp³-hybridized carbons (Fsp3) is 1.00. The molecule has 0 heterocycles. The largest absolute Gasteiger partial charge is 0.0654 e. The van der Waals surface area contributed by atoms with E-state index in [0.29, 0.717) is 5.41 Å². The van der Waals surface area contributed by atoms with Gasteiger partial charge in [-0.3, -0.25) is 0 Å². The van der Waals surface area contributed by atoms with Gasteiger partial charge < -0.3 is 0 Å². The molecule has 0 rings (SSSR count). The molecule has 0 aromatic rings. The van der Waals surface area contributed by atoms with Crippen LogP contribution in [0, 0.1) is 29.1 Å². The molecule has 0 nitrogen and oxygen atoms in total. The van der Waals surface area contributed by atoms with Crippen LogP contribution in [0.25, 0.3) is 0 Å². The average Bonchev–Trinajstić information content (AvgIpc) is 2.44. The third-order valence-corrected chi connectivity index (χ3v) is 6.46. The highest BCUT2D eigenvalue weighted by Gasteiger charge is 2.34. The van der Waals surface area contributed by atoms with Gasteiger partial charge in [-0.1, -0.05) is 87.5 Å². The third-order valence-electron chi connectivity index (χ3n) is 6.46. The van der Waals surface area contributed by atoms with Crippen molar-refractivity contribution in [1.29, 1.82) is 0 Å². The van der Waals surface area contributed by atoms with Crippen LogP contribution in [0.3, 0.4) is 0 Å². The fourth-order valence-corrected chi connectivity index (χ4v) is 3.66. The second kappa shape index (κ2) is 9.85. The van der Waals surface area contributed by atoms with E-state index in [9.17, 15) is 0 Å². The highest BCUT2D eigenvalue weighted by molar-refractivity contribution is 4.84. The minimum atomic E-state index is 0.524. The first-order valence-corrected chi connectivity index (χ1v) is 9.33. The quantitative estimate of drug-likeness (QED) is 0.372. The summed E-state index contributed by atoms with van der Waals surface area (Å²) in [5, 5.41) is 0. The van der Waals surface area contributed by atoms with Crippen LogP contribution in [0.4, 0.5) is 0 Å². The van der Waals surface area contributed by atoms with E-state index in [1.165, 1.54) is 44.9 Å². The van der Waals surface area contributed by atoms with Crippen molar-refractivity contribution in [2.75, 3.05) is 0 Å². The molecule has 0 heteroatoms. The first kappa shape index (κ1) is 20.0. The van der Waals surface area contributed by atoms with Gasteiger partial charge in [0, 0.05) is 0 Å². The SMILES string of the molecule is CCCCC(C)C(C)(CCC(CC)C(C)CC)C(C)C. The normalized spacial score (nSPS) is 19.6. The van der Waals surface area contributed by atoms with Crippen LogP contribution in [0.1, 0.15) is 100 Å². The highest BCUT2D eigenvalue weighted by Crippen LogP contribution is 2.44. The van der Waals surface area contributed by atoms with E-state index in [0.717, 1.165) is 23.7 Å². The first-order chi connectivity index (χ1) is 9.33. The maximum Gasteiger partial charge on any atom is -0.0277 e. The van der Waals surface area contributed by atoms with E-state index in [-0.39, 0.29) is 0 Å². The van der Waals surface area contributed by atoms with Crippen molar-refractivity contribution in [1.82, 2.24) is 0 Å². The van der Waals surface area contributed by atoms with Crippen LogP contribution in [-0.4, -0.2) is 0 Å². The summed E-state index contributed by atoms with van der Waals surface area (Å²) >= 11 is 0. The molecule has 0 saturated carbocycles. The maximum absolute atomic E-state index is 2.56. The lowest BCUT2D eigenvalue weighted by Crippen LogP contribution is -2.32. The topological polar surface area (TPSA) is 0 Å². The molecule has 0 spiro atoms. The summed E-state index contributed by atoms with van der Waals surface area (Å²) in [7, 11) is 0. The summed E-state index contributed by atoms with van der Waals surface area (Å²) in [4.78, 5) is 0. The van der Waals surface area contributed by atoms with E-state index in [2.05, 4.69) is 55.4 Å². The molecule has 0 aliphatic heterocycles. The van der Waals surface area contributed by atoms with Gasteiger partial charge in [0.2, 0.25) is 0 Å². The van der Waals surface area contributed by atoms with E-state index >= 15 is 0 Å². The van der Waals surface area contributed by atoms with Crippen molar-refractivity contribution in [3.8, 4) is 0 Å². The molecule has 0 fully saturated rings. The first-order valence-electron chi connectivity index (χ1n) is 9.33. The Morgan fingerprint density at radius 1 is 0.850 bits per heavy atom. The molecule has 0 bridgehead atoms. The Balaban J connectivity index is 4.67. The van der Waals surface area contributed by atoms with Crippen LogP contribution in [0.15, 0.2) is 0 Å². The Bertz CT molecular complexity index is 230. The molecule has 0 saturated heterocycles. The Kier molecular flexibility index (Phi) is 9.85. The minimum Gasteiger partial charge on any atom is -0.0654 e. The lowest BCUT2D eigenvalue weighted by atomic mass is 9.64. The summed E-state index contributed by atoms with van der Waals surface area (Å²) in [6.45, 7) is 19.4. The van der Waals surface area contributed by atoms with Gasteiger partial charge >= 0.3 is 0 Å². The van der Waals surface area contributed by atoms with Crippen LogP contribution < -0.4 is 0 Å². The van der Waals surface area contributed by atoms with E-state index < -0.39 is 0 Å². The predicted octanol–water partition coefficient (Wildman–Crippen LogP) is 7.33. The Morgan fingerprint density at radius 3 is 1.85 bits per heavy atom. The maximum atomic E-state index is 2.56. The van der Waals surface area contributed by atoms with Crippen LogP contribution in [0.5, 0.6) is 0 Å². The summed E-state index contributed by atoms with van der Waals surface area (Å²) in [5.74, 6) is 3.47. The van der Waals surface area contributed by atoms with Crippen molar-refractivity contribution in [3.05, 3.63) is 0 Å². The number of hydrogen-bond acceptors (Lipinski definition) is 0. The van der Waals surface area contributed by atoms with Crippen LogP contribution >= 0.6 is 0 Å². The third kappa shape index (κ3) is 5.78. The summed E-state index contributed by atoms with van der Waals surface area (Å²) in [6, 6.07) is 0. The molecule has 0 N–H and O–H groups in total. The second-order valence-corrected chi connectivity index (χ2v) is 7.80. The Labute approximate surface area is 130 Å². The molecule has 0 aliphatic carbocycles. The number of unbranched alkanes of at least 4 members (excludes halogenated alkanes) is 1. The van der Waals surface area contributed by atoms with Gasteiger partial charge in [0.15, 0.2) is 0 Å². The van der Waals surface area contributed by atoms with Gasteiger partial charge in [-0.2, -0.15) is 0 Å². The fourth-order valence-electron chi connectivity index (χ4n) is 3.66. The highest BCUT2D eigenvalue weighted by atomic mass is 14.4. The van der Waals surface area contributed by atoms with E-state index in [1.54, 1.807) is 0 Å². The predicted molar refractivity (Wildman–Crippen MR) is 94.1 cm³/mol. The summed E-state index contributed by atoms with van der Waals surface area (Å²) < 4.78 is 0. The molecule has 0 aromatic carbocycles. The molecule has 0 aromatic heterocycles. The Morgan fingerprint density at radius 2 is 1.45 bits per heavy atom. The van der Waals surface area contributed by atoms with Gasteiger partial charge in [0.25, 0.3) is 0 Å². The number of rotatable bonds is 11. The van der Waals surface area contributed by atoms with E-state index in [4.69, 9.17) is 0 Å². The second-order valence-electron chi connectivity index (χ2n) is 7.80. The van der Waals surface area contributed by atoms with Gasteiger partial charge in [0.05, 0.1) is 0 Å². The van der Waals surface area contributed by atoms with Gasteiger partial charge in [-0.15, -0.1) is 0 Å². The lowest BCUT2D eigenvalue weighted by molar-refractivity contribution is 0.0871. The van der Waals surface area contributed by atoms with Gasteiger partial charge in [0.1, 0.15) is 0 Å². The molecular weight excluding hydrogens is 240 g/mol.